The van der Waals surface area contributed by atoms with Crippen LogP contribution in [-0.2, 0) is 4.74 Å². The third-order valence-corrected chi connectivity index (χ3v) is 3.88. The molecule has 0 N–H and O–H groups in total. The van der Waals surface area contributed by atoms with E-state index in [1.54, 1.807) is 13.3 Å². The lowest BCUT2D eigenvalue weighted by molar-refractivity contribution is 0.303. The van der Waals surface area contributed by atoms with Gasteiger partial charge >= 0.3 is 0 Å². The number of pyridine rings is 1. The number of allylic oxidation sites excluding steroid dienone is 2. The monoisotopic (exact) mass is 304 g/mol. The Balaban J connectivity index is 1.70. The standard InChI is InChI=1S/C18H16N4O/c1-23-16-5-3-10-22-11-8-17(21-18(16)22)20-14-6-7-15-13(12-14)4-2-9-19-15/h2-7,9-10,12H,8,11H2,1H3. The lowest BCUT2D eigenvalue weighted by atomic mass is 10.2. The molecule has 0 fully saturated rings. The Morgan fingerprint density at radius 1 is 1.26 bits per heavy atom. The molecule has 3 heterocycles. The molecule has 2 aliphatic heterocycles. The van der Waals surface area contributed by atoms with Crippen LogP contribution in [0.4, 0.5) is 5.69 Å². The van der Waals surface area contributed by atoms with Gasteiger partial charge in [-0.3, -0.25) is 4.98 Å². The Kier molecular flexibility index (Phi) is 3.38. The number of aromatic nitrogens is 1. The van der Waals surface area contributed by atoms with Crippen molar-refractivity contribution in [2.75, 3.05) is 13.7 Å². The summed E-state index contributed by atoms with van der Waals surface area (Å²) in [5, 5.41) is 1.08. The summed E-state index contributed by atoms with van der Waals surface area (Å²) in [5.74, 6) is 2.41. The topological polar surface area (TPSA) is 50.1 Å². The van der Waals surface area contributed by atoms with Crippen molar-refractivity contribution in [3.63, 3.8) is 0 Å². The molecule has 5 heteroatoms. The Labute approximate surface area is 134 Å². The zero-order chi connectivity index (χ0) is 15.6. The molecule has 2 aromatic rings. The number of rotatable bonds is 2. The number of benzene rings is 1. The maximum absolute atomic E-state index is 5.39. The van der Waals surface area contributed by atoms with Gasteiger partial charge in [-0.1, -0.05) is 6.07 Å². The second kappa shape index (κ2) is 5.68. The van der Waals surface area contributed by atoms with Gasteiger partial charge in [0.1, 0.15) is 5.84 Å². The van der Waals surface area contributed by atoms with Crippen LogP contribution < -0.4 is 0 Å². The minimum Gasteiger partial charge on any atom is -0.493 e. The first-order chi connectivity index (χ1) is 11.3. The summed E-state index contributed by atoms with van der Waals surface area (Å²) >= 11 is 0. The third-order valence-electron chi connectivity index (χ3n) is 3.88. The fraction of sp³-hybridized carbons (Fsp3) is 0.167. The number of hydrogen-bond donors (Lipinski definition) is 0. The van der Waals surface area contributed by atoms with E-state index in [2.05, 4.69) is 14.9 Å². The van der Waals surface area contributed by atoms with E-state index in [4.69, 9.17) is 9.73 Å². The van der Waals surface area contributed by atoms with Crippen LogP contribution in [0.15, 0.2) is 70.6 Å². The maximum atomic E-state index is 5.39. The molecule has 5 nitrogen and oxygen atoms in total. The fourth-order valence-electron chi connectivity index (χ4n) is 2.74. The zero-order valence-corrected chi connectivity index (χ0v) is 12.8. The molecule has 0 spiro atoms. The van der Waals surface area contributed by atoms with E-state index in [-0.39, 0.29) is 0 Å². The van der Waals surface area contributed by atoms with Crippen molar-refractivity contribution in [1.29, 1.82) is 0 Å². The molecular weight excluding hydrogens is 288 g/mol. The Morgan fingerprint density at radius 2 is 2.22 bits per heavy atom. The van der Waals surface area contributed by atoms with Gasteiger partial charge in [-0.25, -0.2) is 9.98 Å². The summed E-state index contributed by atoms with van der Waals surface area (Å²) < 4.78 is 5.39. The minimum absolute atomic E-state index is 0.766. The zero-order valence-electron chi connectivity index (χ0n) is 12.8. The molecule has 0 bridgehead atoms. The predicted molar refractivity (Wildman–Crippen MR) is 91.8 cm³/mol. The number of nitrogens with zero attached hydrogens (tertiary/aromatic N) is 4. The SMILES string of the molecule is COC1=CC=CN2CCC(=Nc3ccc4ncccc4c3)N=C12. The van der Waals surface area contributed by atoms with Crippen molar-refractivity contribution in [2.45, 2.75) is 6.42 Å². The predicted octanol–water partition coefficient (Wildman–Crippen LogP) is 3.43. The fourth-order valence-corrected chi connectivity index (χ4v) is 2.74. The van der Waals surface area contributed by atoms with Crippen LogP contribution in [0, 0.1) is 0 Å². The highest BCUT2D eigenvalue weighted by atomic mass is 16.5. The van der Waals surface area contributed by atoms with Crippen molar-refractivity contribution in [3.05, 3.63) is 60.6 Å². The van der Waals surface area contributed by atoms with Crippen LogP contribution in [0.1, 0.15) is 6.42 Å². The van der Waals surface area contributed by atoms with Crippen LogP contribution in [0.5, 0.6) is 0 Å². The van der Waals surface area contributed by atoms with Gasteiger partial charge in [0.05, 0.1) is 18.3 Å². The number of hydrogen-bond acceptors (Lipinski definition) is 4. The smallest absolute Gasteiger partial charge is 0.177 e. The molecule has 0 unspecified atom stereocenters. The molecule has 1 aromatic heterocycles. The lowest BCUT2D eigenvalue weighted by Gasteiger charge is -2.29. The second-order valence-electron chi connectivity index (χ2n) is 5.36. The van der Waals surface area contributed by atoms with E-state index in [0.717, 1.165) is 47.0 Å². The lowest BCUT2D eigenvalue weighted by Crippen LogP contribution is -2.36. The van der Waals surface area contributed by atoms with Crippen LogP contribution >= 0.6 is 0 Å². The quantitative estimate of drug-likeness (QED) is 0.854. The summed E-state index contributed by atoms with van der Waals surface area (Å²) in [6.07, 6.45) is 8.50. The largest absolute Gasteiger partial charge is 0.493 e. The van der Waals surface area contributed by atoms with E-state index in [1.807, 2.05) is 48.7 Å². The molecule has 0 saturated carbocycles. The van der Waals surface area contributed by atoms with Gasteiger partial charge in [0, 0.05) is 30.7 Å². The average molecular weight is 304 g/mol. The molecule has 0 atom stereocenters. The Bertz CT molecular complexity index is 879. The van der Waals surface area contributed by atoms with Crippen LogP contribution in [0.3, 0.4) is 0 Å². The first-order valence-electron chi connectivity index (χ1n) is 7.54. The maximum Gasteiger partial charge on any atom is 0.177 e. The van der Waals surface area contributed by atoms with Crippen molar-refractivity contribution in [2.24, 2.45) is 9.98 Å². The minimum atomic E-state index is 0.766. The molecule has 4 rings (SSSR count). The molecule has 0 saturated heterocycles. The highest BCUT2D eigenvalue weighted by molar-refractivity contribution is 6.08. The van der Waals surface area contributed by atoms with Gasteiger partial charge < -0.3 is 9.64 Å². The molecule has 23 heavy (non-hydrogen) atoms. The van der Waals surface area contributed by atoms with Gasteiger partial charge in [-0.05, 0) is 36.4 Å². The number of ether oxygens (including phenoxy) is 1. The summed E-state index contributed by atoms with van der Waals surface area (Å²) in [6, 6.07) is 9.97. The first-order valence-corrected chi connectivity index (χ1v) is 7.54. The molecule has 114 valence electrons. The first kappa shape index (κ1) is 13.7. The van der Waals surface area contributed by atoms with Crippen LogP contribution in [-0.4, -0.2) is 35.2 Å². The molecule has 1 aromatic carbocycles. The number of methoxy groups -OCH3 is 1. The van der Waals surface area contributed by atoms with Crippen molar-refractivity contribution < 1.29 is 4.74 Å². The number of aliphatic imine (C=N–C) groups is 2. The van der Waals surface area contributed by atoms with E-state index >= 15 is 0 Å². The molecule has 0 aliphatic carbocycles. The summed E-state index contributed by atoms with van der Waals surface area (Å²) in [4.78, 5) is 15.8. The number of amidine groups is 2. The van der Waals surface area contributed by atoms with Gasteiger partial charge in [-0.2, -0.15) is 0 Å². The highest BCUT2D eigenvalue weighted by Crippen LogP contribution is 2.22. The Hall–Kier alpha value is -2.95. The molecule has 0 amide bonds. The van der Waals surface area contributed by atoms with Crippen molar-refractivity contribution in [3.8, 4) is 0 Å². The third kappa shape index (κ3) is 2.61. The molecule has 2 aliphatic rings. The number of fused-ring (bicyclic) bond motifs is 2. The van der Waals surface area contributed by atoms with E-state index < -0.39 is 0 Å². The van der Waals surface area contributed by atoms with Crippen molar-refractivity contribution in [1.82, 2.24) is 9.88 Å². The van der Waals surface area contributed by atoms with Crippen LogP contribution in [0.25, 0.3) is 10.9 Å². The summed E-state index contributed by atoms with van der Waals surface area (Å²) in [5.41, 5.74) is 1.87. The second-order valence-corrected chi connectivity index (χ2v) is 5.36. The van der Waals surface area contributed by atoms with Gasteiger partial charge in [0.15, 0.2) is 11.6 Å². The normalized spacial score (nSPS) is 18.7. The van der Waals surface area contributed by atoms with E-state index in [0.29, 0.717) is 0 Å². The van der Waals surface area contributed by atoms with Crippen molar-refractivity contribution >= 4 is 28.3 Å². The van der Waals surface area contributed by atoms with E-state index in [9.17, 15) is 0 Å². The van der Waals surface area contributed by atoms with Crippen LogP contribution in [0.2, 0.25) is 0 Å². The average Bonchev–Trinajstić information content (AvgIpc) is 2.61. The van der Waals surface area contributed by atoms with E-state index in [1.165, 1.54) is 0 Å². The molecule has 0 radical (unpaired) electrons. The summed E-state index contributed by atoms with van der Waals surface area (Å²) in [6.45, 7) is 0.851. The summed E-state index contributed by atoms with van der Waals surface area (Å²) in [7, 11) is 1.66. The van der Waals surface area contributed by atoms with Gasteiger partial charge in [-0.15, -0.1) is 0 Å². The van der Waals surface area contributed by atoms with Gasteiger partial charge in [0.25, 0.3) is 0 Å². The molecular formula is C18H16N4O. The Morgan fingerprint density at radius 3 is 3.13 bits per heavy atom. The van der Waals surface area contributed by atoms with Gasteiger partial charge in [0.2, 0.25) is 0 Å². The highest BCUT2D eigenvalue weighted by Gasteiger charge is 2.22.